The minimum absolute atomic E-state index is 0.00964. The number of carbonyl (C=O) groups excluding carboxylic acids is 2. The molecule has 3 heterocycles. The van der Waals surface area contributed by atoms with Gasteiger partial charge in [0, 0.05) is 43.9 Å². The molecular formula is C37H47N5O4. The lowest BCUT2D eigenvalue weighted by molar-refractivity contribution is 0.0194. The van der Waals surface area contributed by atoms with Crippen LogP contribution in [0.1, 0.15) is 77.3 Å². The van der Waals surface area contributed by atoms with Gasteiger partial charge in [-0.2, -0.15) is 0 Å². The van der Waals surface area contributed by atoms with Crippen molar-refractivity contribution in [1.29, 1.82) is 0 Å². The molecule has 2 aromatic carbocycles. The first-order valence-corrected chi connectivity index (χ1v) is 16.8. The summed E-state index contributed by atoms with van der Waals surface area (Å²) in [6, 6.07) is 21.4. The zero-order valence-electron chi connectivity index (χ0n) is 27.4. The highest BCUT2D eigenvalue weighted by atomic mass is 16.6. The minimum atomic E-state index is -0.572. The molecule has 244 valence electrons. The van der Waals surface area contributed by atoms with Crippen LogP contribution in [-0.2, 0) is 11.3 Å². The Balaban J connectivity index is 1.16. The minimum Gasteiger partial charge on any atom is -0.444 e. The lowest BCUT2D eigenvalue weighted by Gasteiger charge is -2.49. The van der Waals surface area contributed by atoms with Crippen LogP contribution in [0.5, 0.6) is 0 Å². The molecule has 0 radical (unpaired) electrons. The van der Waals surface area contributed by atoms with Crippen molar-refractivity contribution in [2.24, 2.45) is 11.3 Å². The molecule has 1 saturated carbocycles. The third kappa shape index (κ3) is 7.13. The SMILES string of the molecule is CC(C)(C)OC(=O)N[C@@H]1CCN(C(=O)N2CC[C@H](Cn3cnc(-c4ccccc4)cc3=O)C3(CCCC3)C2)[C@H](c2ccccc2)C1. The van der Waals surface area contributed by atoms with E-state index in [2.05, 4.69) is 27.3 Å². The van der Waals surface area contributed by atoms with Crippen LogP contribution in [0.25, 0.3) is 11.3 Å². The first kappa shape index (κ1) is 31.8. The van der Waals surface area contributed by atoms with Gasteiger partial charge in [0.05, 0.1) is 18.1 Å². The number of hydrogen-bond acceptors (Lipinski definition) is 5. The van der Waals surface area contributed by atoms with Crippen molar-refractivity contribution in [3.8, 4) is 11.3 Å². The molecule has 2 saturated heterocycles. The Kier molecular flexibility index (Phi) is 9.20. The molecule has 3 aliphatic rings. The molecule has 6 rings (SSSR count). The van der Waals surface area contributed by atoms with Crippen molar-refractivity contribution in [2.75, 3.05) is 19.6 Å². The van der Waals surface area contributed by atoms with Crippen LogP contribution in [-0.4, -0.2) is 62.8 Å². The van der Waals surface area contributed by atoms with E-state index in [1.54, 1.807) is 17.0 Å². The summed E-state index contributed by atoms with van der Waals surface area (Å²) in [5.74, 6) is 0.301. The molecule has 3 atom stereocenters. The smallest absolute Gasteiger partial charge is 0.407 e. The second kappa shape index (κ2) is 13.3. The van der Waals surface area contributed by atoms with E-state index in [1.807, 2.05) is 74.2 Å². The van der Waals surface area contributed by atoms with E-state index in [9.17, 15) is 14.4 Å². The zero-order valence-corrected chi connectivity index (χ0v) is 27.4. The first-order chi connectivity index (χ1) is 22.1. The normalized spacial score (nSPS) is 22.9. The number of rotatable bonds is 5. The van der Waals surface area contributed by atoms with Crippen LogP contribution in [0.4, 0.5) is 9.59 Å². The summed E-state index contributed by atoms with van der Waals surface area (Å²) in [7, 11) is 0. The third-order valence-electron chi connectivity index (χ3n) is 10.1. The summed E-state index contributed by atoms with van der Waals surface area (Å²) in [5, 5.41) is 3.05. The molecule has 0 unspecified atom stereocenters. The summed E-state index contributed by atoms with van der Waals surface area (Å²) in [5.41, 5.74) is 2.08. The number of alkyl carbamates (subject to hydrolysis) is 1. The van der Waals surface area contributed by atoms with Gasteiger partial charge >= 0.3 is 12.1 Å². The maximum atomic E-state index is 14.4. The van der Waals surface area contributed by atoms with Gasteiger partial charge in [0.2, 0.25) is 0 Å². The molecule has 2 aliphatic heterocycles. The fraction of sp³-hybridized carbons (Fsp3) is 0.514. The van der Waals surface area contributed by atoms with Gasteiger partial charge < -0.3 is 19.9 Å². The van der Waals surface area contributed by atoms with Crippen LogP contribution in [0.3, 0.4) is 0 Å². The quantitative estimate of drug-likeness (QED) is 0.343. The van der Waals surface area contributed by atoms with Crippen molar-refractivity contribution >= 4 is 12.1 Å². The lowest BCUT2D eigenvalue weighted by Crippen LogP contribution is -2.57. The van der Waals surface area contributed by atoms with E-state index < -0.39 is 11.7 Å². The number of benzene rings is 2. The van der Waals surface area contributed by atoms with E-state index >= 15 is 0 Å². The molecule has 1 aliphatic carbocycles. The number of nitrogens with one attached hydrogen (secondary N) is 1. The maximum absolute atomic E-state index is 14.4. The molecule has 46 heavy (non-hydrogen) atoms. The number of amides is 3. The molecule has 1 spiro atoms. The molecular weight excluding hydrogens is 578 g/mol. The third-order valence-corrected chi connectivity index (χ3v) is 10.1. The predicted molar refractivity (Wildman–Crippen MR) is 178 cm³/mol. The van der Waals surface area contributed by atoms with E-state index in [4.69, 9.17) is 4.74 Å². The molecule has 1 aromatic heterocycles. The fourth-order valence-corrected chi connectivity index (χ4v) is 7.84. The van der Waals surface area contributed by atoms with Crippen LogP contribution in [0.2, 0.25) is 0 Å². The van der Waals surface area contributed by atoms with Gasteiger partial charge in [-0.25, -0.2) is 14.6 Å². The molecule has 1 N–H and O–H groups in total. The molecule has 3 aromatic rings. The Morgan fingerprint density at radius 3 is 2.35 bits per heavy atom. The molecule has 3 fully saturated rings. The average Bonchev–Trinajstić information content (AvgIpc) is 3.51. The van der Waals surface area contributed by atoms with Gasteiger partial charge in [0.15, 0.2) is 0 Å². The Bertz CT molecular complexity index is 1560. The van der Waals surface area contributed by atoms with E-state index in [0.29, 0.717) is 50.6 Å². The standard InChI is InChI=1S/C37H47N5O4/c1-36(2,3)46-34(44)39-30-17-21-42(32(22-30)28-14-8-5-9-15-28)35(45)40-20-16-29(37(25-40)18-10-11-19-37)24-41-26-38-31(23-33(41)43)27-12-6-4-7-13-27/h4-9,12-15,23,26,29-30,32H,10-11,16-22,24-25H2,1-3H3,(H,39,44)/t29-,30-,32+/m1/s1. The molecule has 0 bridgehead atoms. The Labute approximate surface area is 272 Å². The number of likely N-dealkylation sites (tertiary alicyclic amines) is 2. The second-order valence-corrected chi connectivity index (χ2v) is 14.4. The van der Waals surface area contributed by atoms with Crippen molar-refractivity contribution in [3.63, 3.8) is 0 Å². The van der Waals surface area contributed by atoms with E-state index in [0.717, 1.165) is 43.2 Å². The average molecular weight is 626 g/mol. The van der Waals surface area contributed by atoms with Crippen molar-refractivity contribution in [1.82, 2.24) is 24.7 Å². The monoisotopic (exact) mass is 625 g/mol. The summed E-state index contributed by atoms with van der Waals surface area (Å²) in [6.45, 7) is 8.12. The predicted octanol–water partition coefficient (Wildman–Crippen LogP) is 6.64. The van der Waals surface area contributed by atoms with Crippen molar-refractivity contribution in [3.05, 3.63) is 89.0 Å². The molecule has 3 amide bonds. The number of carbonyl (C=O) groups is 2. The van der Waals surface area contributed by atoms with Gasteiger partial charge in [-0.1, -0.05) is 73.5 Å². The second-order valence-electron chi connectivity index (χ2n) is 14.4. The lowest BCUT2D eigenvalue weighted by atomic mass is 9.69. The molecule has 9 heteroatoms. The summed E-state index contributed by atoms with van der Waals surface area (Å²) in [6.07, 6.45) is 7.86. The summed E-state index contributed by atoms with van der Waals surface area (Å²) < 4.78 is 7.29. The summed E-state index contributed by atoms with van der Waals surface area (Å²) in [4.78, 5) is 48.9. The van der Waals surface area contributed by atoms with Gasteiger partial charge in [-0.15, -0.1) is 0 Å². The number of piperidine rings is 2. The van der Waals surface area contributed by atoms with Crippen LogP contribution in [0, 0.1) is 11.3 Å². The topological polar surface area (TPSA) is 96.8 Å². The largest absolute Gasteiger partial charge is 0.444 e. The van der Waals surface area contributed by atoms with Gasteiger partial charge in [-0.05, 0) is 69.8 Å². The fourth-order valence-electron chi connectivity index (χ4n) is 7.84. The van der Waals surface area contributed by atoms with Gasteiger partial charge in [0.1, 0.15) is 5.60 Å². The van der Waals surface area contributed by atoms with Gasteiger partial charge in [0.25, 0.3) is 5.56 Å². The number of nitrogens with zero attached hydrogens (tertiary/aromatic N) is 4. The van der Waals surface area contributed by atoms with Crippen molar-refractivity contribution < 1.29 is 14.3 Å². The van der Waals surface area contributed by atoms with Crippen LogP contribution < -0.4 is 10.9 Å². The summed E-state index contributed by atoms with van der Waals surface area (Å²) >= 11 is 0. The highest BCUT2D eigenvalue weighted by Gasteiger charge is 2.47. The maximum Gasteiger partial charge on any atom is 0.407 e. The number of aromatic nitrogens is 2. The highest BCUT2D eigenvalue weighted by molar-refractivity contribution is 5.75. The Morgan fingerprint density at radius 1 is 0.978 bits per heavy atom. The number of urea groups is 1. The van der Waals surface area contributed by atoms with Crippen LogP contribution >= 0.6 is 0 Å². The molecule has 9 nitrogen and oxygen atoms in total. The van der Waals surface area contributed by atoms with Gasteiger partial charge in [-0.3, -0.25) is 9.36 Å². The van der Waals surface area contributed by atoms with E-state index in [1.165, 1.54) is 0 Å². The Morgan fingerprint density at radius 2 is 1.67 bits per heavy atom. The zero-order chi connectivity index (χ0) is 32.3. The first-order valence-electron chi connectivity index (χ1n) is 16.8. The number of hydrogen-bond donors (Lipinski definition) is 1. The van der Waals surface area contributed by atoms with Crippen LogP contribution in [0.15, 0.2) is 77.9 Å². The highest BCUT2D eigenvalue weighted by Crippen LogP contribution is 2.49. The number of ether oxygens (including phenoxy) is 1. The Hall–Kier alpha value is -4.14. The van der Waals surface area contributed by atoms with E-state index in [-0.39, 0.29) is 29.1 Å². The van der Waals surface area contributed by atoms with Crippen molar-refractivity contribution in [2.45, 2.75) is 89.9 Å².